The highest BCUT2D eigenvalue weighted by atomic mass is 35.5. The topological polar surface area (TPSA) is 75.4 Å². The molecular formula is C13H13ClN2O3. The van der Waals surface area contributed by atoms with Crippen LogP contribution in [0.3, 0.4) is 0 Å². The molecule has 0 bridgehead atoms. The second-order valence-corrected chi connectivity index (χ2v) is 4.58. The van der Waals surface area contributed by atoms with Crippen LogP contribution in [0.4, 0.5) is 0 Å². The third-order valence-electron chi connectivity index (χ3n) is 2.71. The Balaban J connectivity index is 1.96. The maximum Gasteiger partial charge on any atom is 0.358 e. The number of carboxylic acids is 1. The van der Waals surface area contributed by atoms with E-state index in [0.29, 0.717) is 17.3 Å². The summed E-state index contributed by atoms with van der Waals surface area (Å²) in [6, 6.07) is 9.01. The molecule has 0 saturated carbocycles. The molecule has 1 aromatic carbocycles. The first kappa shape index (κ1) is 13.6. The van der Waals surface area contributed by atoms with Crippen LogP contribution >= 0.6 is 11.6 Å². The summed E-state index contributed by atoms with van der Waals surface area (Å²) in [5.74, 6) is -0.621. The van der Waals surface area contributed by atoms with Crippen LogP contribution in [0.1, 0.15) is 34.8 Å². The van der Waals surface area contributed by atoms with Crippen molar-refractivity contribution in [3.8, 4) is 0 Å². The van der Waals surface area contributed by atoms with Gasteiger partial charge in [0.25, 0.3) is 0 Å². The van der Waals surface area contributed by atoms with Crippen LogP contribution in [-0.4, -0.2) is 16.2 Å². The Kier molecular flexibility index (Phi) is 4.19. The zero-order valence-electron chi connectivity index (χ0n) is 10.3. The van der Waals surface area contributed by atoms with Crippen LogP contribution in [0.2, 0.25) is 5.02 Å². The van der Waals surface area contributed by atoms with E-state index in [-0.39, 0.29) is 11.7 Å². The normalized spacial score (nSPS) is 12.3. The lowest BCUT2D eigenvalue weighted by molar-refractivity contribution is 0.0685. The first-order valence-corrected chi connectivity index (χ1v) is 6.12. The van der Waals surface area contributed by atoms with Crippen molar-refractivity contribution in [3.05, 3.63) is 52.4 Å². The summed E-state index contributed by atoms with van der Waals surface area (Å²) in [5, 5.41) is 16.1. The fourth-order valence-electron chi connectivity index (χ4n) is 1.64. The molecule has 2 N–H and O–H groups in total. The molecule has 5 nitrogen and oxygen atoms in total. The number of aromatic carboxylic acids is 1. The van der Waals surface area contributed by atoms with Crippen molar-refractivity contribution in [1.82, 2.24) is 10.5 Å². The van der Waals surface area contributed by atoms with Crippen LogP contribution < -0.4 is 5.32 Å². The van der Waals surface area contributed by atoms with Gasteiger partial charge in [0.1, 0.15) is 0 Å². The van der Waals surface area contributed by atoms with Crippen molar-refractivity contribution in [2.75, 3.05) is 0 Å². The predicted molar refractivity (Wildman–Crippen MR) is 70.2 cm³/mol. The first-order chi connectivity index (χ1) is 9.06. The zero-order valence-corrected chi connectivity index (χ0v) is 11.0. The van der Waals surface area contributed by atoms with Gasteiger partial charge in [-0.05, 0) is 24.6 Å². The van der Waals surface area contributed by atoms with E-state index in [1.165, 1.54) is 6.07 Å². The fourth-order valence-corrected chi connectivity index (χ4v) is 1.84. The smallest absolute Gasteiger partial charge is 0.358 e. The summed E-state index contributed by atoms with van der Waals surface area (Å²) in [7, 11) is 0. The van der Waals surface area contributed by atoms with Crippen molar-refractivity contribution >= 4 is 17.6 Å². The first-order valence-electron chi connectivity index (χ1n) is 5.74. The molecule has 2 aromatic rings. The average Bonchev–Trinajstić information content (AvgIpc) is 2.85. The summed E-state index contributed by atoms with van der Waals surface area (Å²) in [4.78, 5) is 10.7. The van der Waals surface area contributed by atoms with Crippen LogP contribution in [0, 0.1) is 0 Å². The highest BCUT2D eigenvalue weighted by Crippen LogP contribution is 2.17. The SMILES string of the molecule is C[C@H](NCc1cc(C(=O)O)no1)c1cccc(Cl)c1. The van der Waals surface area contributed by atoms with Crippen molar-refractivity contribution in [1.29, 1.82) is 0 Å². The van der Waals surface area contributed by atoms with Crippen molar-refractivity contribution < 1.29 is 14.4 Å². The monoisotopic (exact) mass is 280 g/mol. The Hall–Kier alpha value is -1.85. The van der Waals surface area contributed by atoms with Gasteiger partial charge >= 0.3 is 5.97 Å². The highest BCUT2D eigenvalue weighted by molar-refractivity contribution is 6.30. The molecule has 2 rings (SSSR count). The summed E-state index contributed by atoms with van der Waals surface area (Å²) in [6.07, 6.45) is 0. The Morgan fingerprint density at radius 1 is 1.53 bits per heavy atom. The minimum absolute atomic E-state index is 0.0667. The summed E-state index contributed by atoms with van der Waals surface area (Å²) < 4.78 is 4.92. The lowest BCUT2D eigenvalue weighted by atomic mass is 10.1. The van der Waals surface area contributed by atoms with Crippen LogP contribution in [-0.2, 0) is 6.54 Å². The number of halogens is 1. The Morgan fingerprint density at radius 3 is 2.95 bits per heavy atom. The fraction of sp³-hybridized carbons (Fsp3) is 0.231. The van der Waals surface area contributed by atoms with Crippen molar-refractivity contribution in [3.63, 3.8) is 0 Å². The minimum Gasteiger partial charge on any atom is -0.476 e. The van der Waals surface area contributed by atoms with Gasteiger partial charge in [-0.1, -0.05) is 28.9 Å². The number of hydrogen-bond acceptors (Lipinski definition) is 4. The molecule has 0 aliphatic rings. The van der Waals surface area contributed by atoms with E-state index < -0.39 is 5.97 Å². The molecule has 0 amide bonds. The minimum atomic E-state index is -1.10. The standard InChI is InChI=1S/C13H13ClN2O3/c1-8(9-3-2-4-10(14)5-9)15-7-11-6-12(13(17)18)16-19-11/h2-6,8,15H,7H2,1H3,(H,17,18)/t8-/m0/s1. The van der Waals surface area contributed by atoms with Gasteiger partial charge in [0, 0.05) is 17.1 Å². The van der Waals surface area contributed by atoms with Crippen molar-refractivity contribution in [2.45, 2.75) is 19.5 Å². The van der Waals surface area contributed by atoms with Gasteiger partial charge in [-0.3, -0.25) is 0 Å². The highest BCUT2D eigenvalue weighted by Gasteiger charge is 2.12. The number of rotatable bonds is 5. The largest absolute Gasteiger partial charge is 0.476 e. The van der Waals surface area contributed by atoms with E-state index in [0.717, 1.165) is 5.56 Å². The summed E-state index contributed by atoms with van der Waals surface area (Å²) >= 11 is 5.92. The molecule has 100 valence electrons. The third-order valence-corrected chi connectivity index (χ3v) is 2.94. The second kappa shape index (κ2) is 5.86. The van der Waals surface area contributed by atoms with Gasteiger partial charge in [-0.15, -0.1) is 0 Å². The third kappa shape index (κ3) is 3.56. The number of carboxylic acid groups (broad SMARTS) is 1. The lowest BCUT2D eigenvalue weighted by Crippen LogP contribution is -2.17. The van der Waals surface area contributed by atoms with Gasteiger partial charge < -0.3 is 14.9 Å². The molecule has 19 heavy (non-hydrogen) atoms. The van der Waals surface area contributed by atoms with Crippen LogP contribution in [0.5, 0.6) is 0 Å². The lowest BCUT2D eigenvalue weighted by Gasteiger charge is -2.13. The van der Waals surface area contributed by atoms with E-state index in [2.05, 4.69) is 10.5 Å². The van der Waals surface area contributed by atoms with Gasteiger partial charge in [-0.25, -0.2) is 4.79 Å². The molecule has 6 heteroatoms. The quantitative estimate of drug-likeness (QED) is 0.881. The number of aromatic nitrogens is 1. The van der Waals surface area contributed by atoms with Crippen LogP contribution in [0.25, 0.3) is 0 Å². The molecule has 1 heterocycles. The Morgan fingerprint density at radius 2 is 2.32 bits per heavy atom. The molecule has 0 aliphatic carbocycles. The van der Waals surface area contributed by atoms with E-state index in [1.807, 2.05) is 31.2 Å². The molecule has 0 aliphatic heterocycles. The number of carbonyl (C=O) groups is 1. The van der Waals surface area contributed by atoms with Gasteiger partial charge in [0.05, 0.1) is 6.54 Å². The molecule has 0 unspecified atom stereocenters. The van der Waals surface area contributed by atoms with Gasteiger partial charge in [0.15, 0.2) is 11.5 Å². The molecule has 0 radical (unpaired) electrons. The van der Waals surface area contributed by atoms with E-state index in [9.17, 15) is 4.79 Å². The average molecular weight is 281 g/mol. The Bertz CT molecular complexity index is 583. The molecule has 1 aromatic heterocycles. The molecule has 1 atom stereocenters. The number of benzene rings is 1. The number of nitrogens with zero attached hydrogens (tertiary/aromatic N) is 1. The Labute approximate surface area is 115 Å². The predicted octanol–water partition coefficient (Wildman–Crippen LogP) is 2.88. The molecule has 0 spiro atoms. The summed E-state index contributed by atoms with van der Waals surface area (Å²) in [5.41, 5.74) is 0.956. The van der Waals surface area contributed by atoms with E-state index >= 15 is 0 Å². The molecule has 0 fully saturated rings. The summed E-state index contributed by atoms with van der Waals surface area (Å²) in [6.45, 7) is 2.38. The maximum absolute atomic E-state index is 10.7. The van der Waals surface area contributed by atoms with Gasteiger partial charge in [-0.2, -0.15) is 0 Å². The van der Waals surface area contributed by atoms with Gasteiger partial charge in [0.2, 0.25) is 0 Å². The van der Waals surface area contributed by atoms with E-state index in [4.69, 9.17) is 21.2 Å². The molecule has 0 saturated heterocycles. The number of hydrogen-bond donors (Lipinski definition) is 2. The maximum atomic E-state index is 10.7. The van der Waals surface area contributed by atoms with Crippen molar-refractivity contribution in [2.24, 2.45) is 0 Å². The molecular weight excluding hydrogens is 268 g/mol. The van der Waals surface area contributed by atoms with E-state index in [1.54, 1.807) is 0 Å². The second-order valence-electron chi connectivity index (χ2n) is 4.14. The van der Waals surface area contributed by atoms with Crippen LogP contribution in [0.15, 0.2) is 34.9 Å². The zero-order chi connectivity index (χ0) is 13.8. The number of nitrogens with one attached hydrogen (secondary N) is 1.